The van der Waals surface area contributed by atoms with Crippen molar-refractivity contribution in [2.24, 2.45) is 0 Å². The van der Waals surface area contributed by atoms with E-state index in [4.69, 9.17) is 4.42 Å². The van der Waals surface area contributed by atoms with E-state index < -0.39 is 0 Å². The minimum atomic E-state index is 0.888. The molecule has 0 spiro atoms. The zero-order valence-corrected chi connectivity index (χ0v) is 31.7. The molecular formula is C56H37NO. The Bertz CT molecular complexity index is 3270. The Labute approximate surface area is 337 Å². The normalized spacial score (nSPS) is 11.4. The van der Waals surface area contributed by atoms with Gasteiger partial charge in [-0.1, -0.05) is 170 Å². The molecule has 0 amide bonds. The van der Waals surface area contributed by atoms with Gasteiger partial charge in [0.25, 0.3) is 0 Å². The van der Waals surface area contributed by atoms with E-state index in [1.165, 1.54) is 54.9 Å². The van der Waals surface area contributed by atoms with E-state index in [2.05, 4.69) is 223 Å². The number of benzene rings is 10. The monoisotopic (exact) mass is 739 g/mol. The fourth-order valence-electron chi connectivity index (χ4n) is 8.62. The van der Waals surface area contributed by atoms with E-state index in [-0.39, 0.29) is 0 Å². The summed E-state index contributed by atoms with van der Waals surface area (Å²) in [6.45, 7) is 0. The van der Waals surface area contributed by atoms with Gasteiger partial charge in [-0.3, -0.25) is 0 Å². The lowest BCUT2D eigenvalue weighted by Crippen LogP contribution is -2.11. The predicted octanol–water partition coefficient (Wildman–Crippen LogP) is 16.0. The lowest BCUT2D eigenvalue weighted by atomic mass is 9.93. The molecule has 0 saturated heterocycles. The summed E-state index contributed by atoms with van der Waals surface area (Å²) in [7, 11) is 0. The zero-order valence-electron chi connectivity index (χ0n) is 31.7. The van der Waals surface area contributed by atoms with Crippen molar-refractivity contribution < 1.29 is 4.42 Å². The first kappa shape index (κ1) is 33.6. The van der Waals surface area contributed by atoms with Crippen molar-refractivity contribution in [3.8, 4) is 44.5 Å². The number of hydrogen-bond acceptors (Lipinski definition) is 2. The van der Waals surface area contributed by atoms with Crippen LogP contribution >= 0.6 is 0 Å². The molecule has 0 saturated carbocycles. The van der Waals surface area contributed by atoms with Crippen LogP contribution < -0.4 is 4.90 Å². The van der Waals surface area contributed by atoms with Crippen molar-refractivity contribution in [3.63, 3.8) is 0 Å². The second-order valence-electron chi connectivity index (χ2n) is 14.9. The maximum atomic E-state index is 6.54. The molecule has 11 aromatic rings. The van der Waals surface area contributed by atoms with Crippen LogP contribution in [0.5, 0.6) is 0 Å². The Hall–Kier alpha value is -7.68. The summed E-state index contributed by atoms with van der Waals surface area (Å²) in [4.78, 5) is 2.39. The van der Waals surface area contributed by atoms with E-state index in [1.54, 1.807) is 0 Å². The third-order valence-electron chi connectivity index (χ3n) is 11.5. The first-order valence-corrected chi connectivity index (χ1v) is 19.8. The SMILES string of the molecule is c1ccc(-c2ccc(N(c3ccc(-c4cccc(-c5ccc6ccccc6c5)c4)cc3)c3ccccc3-c3cc4oc5ccccc5c4c4ccccc34)cc2)cc1. The molecule has 1 heterocycles. The molecule has 0 aliphatic heterocycles. The molecule has 0 fully saturated rings. The fourth-order valence-corrected chi connectivity index (χ4v) is 8.62. The third-order valence-corrected chi connectivity index (χ3v) is 11.5. The van der Waals surface area contributed by atoms with Gasteiger partial charge >= 0.3 is 0 Å². The number of rotatable bonds is 7. The molecule has 58 heavy (non-hydrogen) atoms. The summed E-state index contributed by atoms with van der Waals surface area (Å²) in [5, 5.41) is 7.16. The number of furan rings is 1. The molecule has 2 nitrogen and oxygen atoms in total. The Kier molecular flexibility index (Phi) is 8.19. The van der Waals surface area contributed by atoms with Gasteiger partial charge in [-0.25, -0.2) is 0 Å². The van der Waals surface area contributed by atoms with E-state index in [0.717, 1.165) is 50.1 Å². The van der Waals surface area contributed by atoms with Crippen LogP contribution in [0.1, 0.15) is 0 Å². The minimum absolute atomic E-state index is 0.888. The highest BCUT2D eigenvalue weighted by Gasteiger charge is 2.21. The molecule has 272 valence electrons. The fraction of sp³-hybridized carbons (Fsp3) is 0. The van der Waals surface area contributed by atoms with Gasteiger partial charge in [0.15, 0.2) is 0 Å². The van der Waals surface area contributed by atoms with Gasteiger partial charge in [-0.15, -0.1) is 0 Å². The van der Waals surface area contributed by atoms with Gasteiger partial charge in [0.1, 0.15) is 11.2 Å². The number of anilines is 3. The molecule has 0 unspecified atom stereocenters. The first-order valence-electron chi connectivity index (χ1n) is 19.8. The van der Waals surface area contributed by atoms with Gasteiger partial charge < -0.3 is 9.32 Å². The summed E-state index contributed by atoms with van der Waals surface area (Å²) in [5.41, 5.74) is 14.4. The average Bonchev–Trinajstić information content (AvgIpc) is 3.69. The molecule has 0 bridgehead atoms. The molecule has 0 aliphatic rings. The number of para-hydroxylation sites is 2. The van der Waals surface area contributed by atoms with Crippen molar-refractivity contribution in [1.82, 2.24) is 0 Å². The minimum Gasteiger partial charge on any atom is -0.456 e. The summed E-state index contributed by atoms with van der Waals surface area (Å²) < 4.78 is 6.54. The Morgan fingerprint density at radius 1 is 0.293 bits per heavy atom. The molecule has 0 aliphatic carbocycles. The lowest BCUT2D eigenvalue weighted by Gasteiger charge is -2.28. The number of nitrogens with zero attached hydrogens (tertiary/aromatic N) is 1. The van der Waals surface area contributed by atoms with Crippen LogP contribution in [0.3, 0.4) is 0 Å². The maximum absolute atomic E-state index is 6.54. The second-order valence-corrected chi connectivity index (χ2v) is 14.9. The number of fused-ring (bicyclic) bond motifs is 6. The van der Waals surface area contributed by atoms with Crippen molar-refractivity contribution in [1.29, 1.82) is 0 Å². The molecule has 0 radical (unpaired) electrons. The van der Waals surface area contributed by atoms with Crippen molar-refractivity contribution in [3.05, 3.63) is 224 Å². The van der Waals surface area contributed by atoms with Crippen LogP contribution in [0.25, 0.3) is 88.0 Å². The molecule has 0 N–H and O–H groups in total. The summed E-state index contributed by atoms with van der Waals surface area (Å²) >= 11 is 0. The van der Waals surface area contributed by atoms with Gasteiger partial charge in [0.2, 0.25) is 0 Å². The van der Waals surface area contributed by atoms with Crippen LogP contribution in [0.2, 0.25) is 0 Å². The van der Waals surface area contributed by atoms with Crippen LogP contribution in [0.15, 0.2) is 229 Å². The third kappa shape index (κ3) is 5.91. The van der Waals surface area contributed by atoms with E-state index in [9.17, 15) is 0 Å². The standard InChI is InChI=1S/C56H37NO/c1-2-13-38(14-3-1)40-27-31-46(32-28-40)57(47-33-29-41(30-34-47)43-17-12-18-44(35-43)45-26-25-39-15-4-5-16-42(39)36-45)53-23-10-8-20-49(53)52-37-55-56(50-21-7-6-19-48(50)52)51-22-9-11-24-54(51)58-55/h1-37H. The van der Waals surface area contributed by atoms with Crippen LogP contribution in [-0.4, -0.2) is 0 Å². The van der Waals surface area contributed by atoms with Gasteiger partial charge in [0.05, 0.1) is 5.69 Å². The lowest BCUT2D eigenvalue weighted by molar-refractivity contribution is 0.669. The summed E-state index contributed by atoms with van der Waals surface area (Å²) in [6, 6.07) is 80.7. The molecule has 10 aromatic carbocycles. The van der Waals surface area contributed by atoms with Crippen LogP contribution in [-0.2, 0) is 0 Å². The van der Waals surface area contributed by atoms with Crippen molar-refractivity contribution >= 4 is 60.5 Å². The second kappa shape index (κ2) is 14.1. The van der Waals surface area contributed by atoms with E-state index >= 15 is 0 Å². The highest BCUT2D eigenvalue weighted by Crippen LogP contribution is 2.46. The molecule has 0 atom stereocenters. The predicted molar refractivity (Wildman–Crippen MR) is 245 cm³/mol. The largest absolute Gasteiger partial charge is 0.456 e. The first-order chi connectivity index (χ1) is 28.7. The Balaban J connectivity index is 1.05. The maximum Gasteiger partial charge on any atom is 0.136 e. The highest BCUT2D eigenvalue weighted by atomic mass is 16.3. The van der Waals surface area contributed by atoms with Crippen LogP contribution in [0, 0.1) is 0 Å². The number of hydrogen-bond donors (Lipinski definition) is 0. The quantitative estimate of drug-likeness (QED) is 0.162. The van der Waals surface area contributed by atoms with Crippen molar-refractivity contribution in [2.45, 2.75) is 0 Å². The van der Waals surface area contributed by atoms with E-state index in [1.807, 2.05) is 6.07 Å². The summed E-state index contributed by atoms with van der Waals surface area (Å²) in [6.07, 6.45) is 0. The molecule has 2 heteroatoms. The highest BCUT2D eigenvalue weighted by molar-refractivity contribution is 6.22. The molecule has 1 aromatic heterocycles. The van der Waals surface area contributed by atoms with Gasteiger partial charge in [-0.2, -0.15) is 0 Å². The smallest absolute Gasteiger partial charge is 0.136 e. The Morgan fingerprint density at radius 3 is 1.60 bits per heavy atom. The molecular weight excluding hydrogens is 703 g/mol. The summed E-state index contributed by atoms with van der Waals surface area (Å²) in [5.74, 6) is 0. The Morgan fingerprint density at radius 2 is 0.828 bits per heavy atom. The molecule has 11 rings (SSSR count). The van der Waals surface area contributed by atoms with Gasteiger partial charge in [0, 0.05) is 27.7 Å². The van der Waals surface area contributed by atoms with Crippen molar-refractivity contribution in [2.75, 3.05) is 4.90 Å². The topological polar surface area (TPSA) is 16.4 Å². The van der Waals surface area contributed by atoms with E-state index in [0.29, 0.717) is 0 Å². The van der Waals surface area contributed by atoms with Gasteiger partial charge in [-0.05, 0) is 115 Å². The van der Waals surface area contributed by atoms with Crippen LogP contribution in [0.4, 0.5) is 17.1 Å². The average molecular weight is 740 g/mol. The zero-order chi connectivity index (χ0) is 38.4.